The highest BCUT2D eigenvalue weighted by Crippen LogP contribution is 2.32. The molecule has 0 N–H and O–H groups in total. The van der Waals surface area contributed by atoms with Crippen LogP contribution in [0.4, 0.5) is 5.13 Å². The zero-order chi connectivity index (χ0) is 19.2. The van der Waals surface area contributed by atoms with Gasteiger partial charge < -0.3 is 19.1 Å². The minimum absolute atomic E-state index is 0. The summed E-state index contributed by atoms with van der Waals surface area (Å²) in [6.07, 6.45) is 1.40. The lowest BCUT2D eigenvalue weighted by molar-refractivity contribution is -0.119. The van der Waals surface area contributed by atoms with Crippen LogP contribution in [0.25, 0.3) is 10.2 Å². The Morgan fingerprint density at radius 3 is 2.68 bits per heavy atom. The largest absolute Gasteiger partial charge is 0.497 e. The molecule has 9 heteroatoms. The van der Waals surface area contributed by atoms with Crippen LogP contribution in [0.15, 0.2) is 30.2 Å². The molecule has 154 valence electrons. The molecule has 0 atom stereocenters. The van der Waals surface area contributed by atoms with Crippen LogP contribution in [0.5, 0.6) is 5.75 Å². The van der Waals surface area contributed by atoms with E-state index in [9.17, 15) is 4.79 Å². The number of rotatable bonds is 8. The Morgan fingerprint density at radius 2 is 2.04 bits per heavy atom. The fourth-order valence-corrected chi connectivity index (χ4v) is 3.79. The monoisotopic (exact) mass is 427 g/mol. The van der Waals surface area contributed by atoms with Crippen molar-refractivity contribution in [3.8, 4) is 5.75 Å². The topological polar surface area (TPSA) is 64.1 Å². The first-order chi connectivity index (χ1) is 13.2. The standard InChI is InChI=1S/C19H25N3O4S.ClH/c1-4-21(5-2)8-9-22(18(23)16-13-25-10-11-26-16)19-20-15-12-14(24-3)6-7-17(15)27-19;/h6-7,12-13H,4-5,8-11H2,1-3H3;1H. The summed E-state index contributed by atoms with van der Waals surface area (Å²) in [7, 11) is 1.63. The molecule has 0 unspecified atom stereocenters. The van der Waals surface area contributed by atoms with Crippen LogP contribution < -0.4 is 9.64 Å². The minimum atomic E-state index is -0.229. The average molecular weight is 428 g/mol. The van der Waals surface area contributed by atoms with Gasteiger partial charge in [-0.1, -0.05) is 25.2 Å². The molecule has 1 aromatic heterocycles. The molecule has 0 radical (unpaired) electrons. The summed E-state index contributed by atoms with van der Waals surface area (Å²) in [5.41, 5.74) is 0.810. The normalized spacial score (nSPS) is 13.4. The smallest absolute Gasteiger partial charge is 0.298 e. The zero-order valence-electron chi connectivity index (χ0n) is 16.3. The molecule has 28 heavy (non-hydrogen) atoms. The Kier molecular flexibility index (Phi) is 8.35. The van der Waals surface area contributed by atoms with Crippen LogP contribution in [0.3, 0.4) is 0 Å². The summed E-state index contributed by atoms with van der Waals surface area (Å²) in [5.74, 6) is 0.734. The van der Waals surface area contributed by atoms with Crippen molar-refractivity contribution >= 4 is 45.0 Å². The number of anilines is 1. The van der Waals surface area contributed by atoms with E-state index in [2.05, 4.69) is 23.7 Å². The second-order valence-corrected chi connectivity index (χ2v) is 7.02. The molecule has 1 aliphatic rings. The van der Waals surface area contributed by atoms with Gasteiger partial charge in [0.15, 0.2) is 5.13 Å². The average Bonchev–Trinajstić information content (AvgIpc) is 3.14. The Morgan fingerprint density at radius 1 is 1.25 bits per heavy atom. The highest BCUT2D eigenvalue weighted by Gasteiger charge is 2.26. The number of benzene rings is 1. The number of hydrogen-bond acceptors (Lipinski definition) is 7. The number of hydrogen-bond donors (Lipinski definition) is 0. The van der Waals surface area contributed by atoms with Crippen molar-refractivity contribution in [2.45, 2.75) is 13.8 Å². The van der Waals surface area contributed by atoms with Crippen molar-refractivity contribution in [1.29, 1.82) is 0 Å². The maximum atomic E-state index is 13.1. The number of methoxy groups -OCH3 is 1. The van der Waals surface area contributed by atoms with Crippen molar-refractivity contribution in [1.82, 2.24) is 9.88 Å². The molecule has 1 aliphatic heterocycles. The van der Waals surface area contributed by atoms with Crippen molar-refractivity contribution in [2.75, 3.05) is 51.4 Å². The van der Waals surface area contributed by atoms with E-state index in [4.69, 9.17) is 14.2 Å². The molecule has 0 saturated carbocycles. The van der Waals surface area contributed by atoms with E-state index in [0.29, 0.717) is 24.9 Å². The molecular weight excluding hydrogens is 402 g/mol. The van der Waals surface area contributed by atoms with Gasteiger partial charge in [-0.05, 0) is 25.2 Å². The Bertz CT molecular complexity index is 823. The Labute approximate surface area is 175 Å². The third-order valence-corrected chi connectivity index (χ3v) is 5.51. The summed E-state index contributed by atoms with van der Waals surface area (Å²) in [6.45, 7) is 8.19. The number of ether oxygens (including phenoxy) is 3. The predicted octanol–water partition coefficient (Wildman–Crippen LogP) is 3.29. The second-order valence-electron chi connectivity index (χ2n) is 6.02. The van der Waals surface area contributed by atoms with Gasteiger partial charge in [0.1, 0.15) is 25.2 Å². The van der Waals surface area contributed by atoms with Gasteiger partial charge in [-0.3, -0.25) is 9.69 Å². The third-order valence-electron chi connectivity index (χ3n) is 4.45. The molecular formula is C19H26ClN3O4S. The summed E-state index contributed by atoms with van der Waals surface area (Å²) < 4.78 is 17.0. The first-order valence-electron chi connectivity index (χ1n) is 9.09. The van der Waals surface area contributed by atoms with Crippen molar-refractivity contribution in [3.05, 3.63) is 30.2 Å². The maximum Gasteiger partial charge on any atom is 0.298 e. The van der Waals surface area contributed by atoms with Gasteiger partial charge >= 0.3 is 0 Å². The summed E-state index contributed by atoms with van der Waals surface area (Å²) >= 11 is 1.48. The molecule has 0 saturated heterocycles. The number of fused-ring (bicyclic) bond motifs is 1. The van der Waals surface area contributed by atoms with Gasteiger partial charge in [0.25, 0.3) is 5.91 Å². The number of amides is 1. The minimum Gasteiger partial charge on any atom is -0.497 e. The molecule has 0 bridgehead atoms. The van der Waals surface area contributed by atoms with E-state index >= 15 is 0 Å². The molecule has 2 aromatic rings. The molecule has 1 aromatic carbocycles. The van der Waals surface area contributed by atoms with E-state index in [0.717, 1.165) is 35.6 Å². The second kappa shape index (κ2) is 10.5. The van der Waals surface area contributed by atoms with Crippen molar-refractivity contribution in [3.63, 3.8) is 0 Å². The molecule has 0 aliphatic carbocycles. The molecule has 2 heterocycles. The number of thiazole rings is 1. The SMILES string of the molecule is CCN(CC)CCN(C(=O)C1=COCCO1)c1nc2cc(OC)ccc2s1.Cl. The fourth-order valence-electron chi connectivity index (χ4n) is 2.82. The molecule has 1 amide bonds. The van der Waals surface area contributed by atoms with Gasteiger partial charge in [0, 0.05) is 19.2 Å². The lowest BCUT2D eigenvalue weighted by Crippen LogP contribution is -2.40. The first kappa shape index (κ1) is 22.3. The number of halogens is 1. The summed E-state index contributed by atoms with van der Waals surface area (Å²) in [4.78, 5) is 21.7. The van der Waals surface area contributed by atoms with Crippen LogP contribution >= 0.6 is 23.7 Å². The van der Waals surface area contributed by atoms with E-state index in [1.54, 1.807) is 12.0 Å². The van der Waals surface area contributed by atoms with Crippen molar-refractivity contribution in [2.24, 2.45) is 0 Å². The van der Waals surface area contributed by atoms with E-state index in [-0.39, 0.29) is 24.1 Å². The van der Waals surface area contributed by atoms with Gasteiger partial charge in [-0.25, -0.2) is 4.98 Å². The Balaban J connectivity index is 0.00000280. The van der Waals surface area contributed by atoms with Gasteiger partial charge in [0.2, 0.25) is 5.76 Å². The number of aromatic nitrogens is 1. The number of nitrogens with zero attached hydrogens (tertiary/aromatic N) is 3. The van der Waals surface area contributed by atoms with Crippen LogP contribution in [0.2, 0.25) is 0 Å². The quantitative estimate of drug-likeness (QED) is 0.644. The third kappa shape index (κ3) is 5.06. The van der Waals surface area contributed by atoms with Crippen LogP contribution in [0, 0.1) is 0 Å². The Hall–Kier alpha value is -2.03. The van der Waals surface area contributed by atoms with Crippen LogP contribution in [-0.2, 0) is 14.3 Å². The molecule has 0 fully saturated rings. The first-order valence-corrected chi connectivity index (χ1v) is 9.91. The molecule has 0 spiro atoms. The van der Waals surface area contributed by atoms with Crippen molar-refractivity contribution < 1.29 is 19.0 Å². The van der Waals surface area contributed by atoms with Crippen LogP contribution in [0.1, 0.15) is 13.8 Å². The van der Waals surface area contributed by atoms with E-state index < -0.39 is 0 Å². The molecule has 7 nitrogen and oxygen atoms in total. The lowest BCUT2D eigenvalue weighted by atomic mass is 10.3. The van der Waals surface area contributed by atoms with Gasteiger partial charge in [0.05, 0.1) is 17.3 Å². The highest BCUT2D eigenvalue weighted by atomic mass is 35.5. The number of likely N-dealkylation sites (N-methyl/N-ethyl adjacent to an activating group) is 1. The number of carbonyl (C=O) groups is 1. The maximum absolute atomic E-state index is 13.1. The predicted molar refractivity (Wildman–Crippen MR) is 114 cm³/mol. The lowest BCUT2D eigenvalue weighted by Gasteiger charge is -2.26. The molecule has 3 rings (SSSR count). The van der Waals surface area contributed by atoms with E-state index in [1.165, 1.54) is 17.6 Å². The fraction of sp³-hybridized carbons (Fsp3) is 0.474. The number of carbonyl (C=O) groups excluding carboxylic acids is 1. The van der Waals surface area contributed by atoms with Gasteiger partial charge in [-0.15, -0.1) is 12.4 Å². The van der Waals surface area contributed by atoms with Crippen LogP contribution in [-0.4, -0.2) is 62.3 Å². The van der Waals surface area contributed by atoms with E-state index in [1.807, 2.05) is 18.2 Å². The summed E-state index contributed by atoms with van der Waals surface area (Å²) in [5, 5.41) is 0.644. The summed E-state index contributed by atoms with van der Waals surface area (Å²) in [6, 6.07) is 5.73. The van der Waals surface area contributed by atoms with Gasteiger partial charge in [-0.2, -0.15) is 0 Å². The zero-order valence-corrected chi connectivity index (χ0v) is 18.0. The highest BCUT2D eigenvalue weighted by molar-refractivity contribution is 7.22.